The molecule has 0 bridgehead atoms. The van der Waals surface area contributed by atoms with Crippen LogP contribution in [0.4, 0.5) is 5.69 Å². The molecule has 0 aromatic heterocycles. The molecule has 4 rings (SSSR count). The maximum atomic E-state index is 13.3. The number of aryl methyl sites for hydroxylation is 1. The molecule has 0 unspecified atom stereocenters. The second-order valence-electron chi connectivity index (χ2n) is 8.60. The van der Waals surface area contributed by atoms with Crippen LogP contribution in [0.25, 0.3) is 0 Å². The Hall–Kier alpha value is -2.37. The fourth-order valence-electron chi connectivity index (χ4n) is 4.35. The molecule has 1 aliphatic heterocycles. The molecule has 1 atom stereocenters. The second kappa shape index (κ2) is 7.15. The molecule has 2 aromatic rings. The van der Waals surface area contributed by atoms with Crippen LogP contribution in [0.5, 0.6) is 0 Å². The van der Waals surface area contributed by atoms with Crippen LogP contribution in [0.3, 0.4) is 0 Å². The van der Waals surface area contributed by atoms with Gasteiger partial charge in [0.15, 0.2) is 0 Å². The van der Waals surface area contributed by atoms with Crippen molar-refractivity contribution in [2.75, 3.05) is 5.32 Å². The minimum atomic E-state index is -0.989. The fourth-order valence-corrected chi connectivity index (χ4v) is 4.56. The topological polar surface area (TPSA) is 69.6 Å². The molecule has 1 aliphatic carbocycles. The number of hydrogen-bond donors (Lipinski definition) is 2. The van der Waals surface area contributed by atoms with E-state index in [4.69, 9.17) is 11.6 Å². The Kier molecular flexibility index (Phi) is 4.91. The van der Waals surface area contributed by atoms with Crippen molar-refractivity contribution in [3.8, 4) is 0 Å². The summed E-state index contributed by atoms with van der Waals surface area (Å²) in [7, 11) is 0. The van der Waals surface area contributed by atoms with E-state index in [9.17, 15) is 14.7 Å². The first-order valence-corrected chi connectivity index (χ1v) is 10.3. The lowest BCUT2D eigenvalue weighted by molar-refractivity contribution is -0.0224. The van der Waals surface area contributed by atoms with Crippen molar-refractivity contribution in [1.29, 1.82) is 0 Å². The van der Waals surface area contributed by atoms with E-state index in [1.54, 1.807) is 36.9 Å². The van der Waals surface area contributed by atoms with E-state index < -0.39 is 5.60 Å². The number of anilines is 1. The summed E-state index contributed by atoms with van der Waals surface area (Å²) in [5, 5.41) is 14.0. The second-order valence-corrected chi connectivity index (χ2v) is 8.98. The molecule has 1 saturated carbocycles. The van der Waals surface area contributed by atoms with Crippen molar-refractivity contribution in [2.45, 2.75) is 51.8 Å². The highest BCUT2D eigenvalue weighted by Crippen LogP contribution is 2.43. The van der Waals surface area contributed by atoms with Gasteiger partial charge in [0.2, 0.25) is 0 Å². The van der Waals surface area contributed by atoms with Crippen molar-refractivity contribution in [3.05, 3.63) is 63.7 Å². The number of halogens is 1. The van der Waals surface area contributed by atoms with Gasteiger partial charge in [-0.3, -0.25) is 9.59 Å². The van der Waals surface area contributed by atoms with Crippen LogP contribution in [-0.4, -0.2) is 33.5 Å². The molecule has 1 heterocycles. The summed E-state index contributed by atoms with van der Waals surface area (Å²) in [6.45, 7) is 5.80. The Morgan fingerprint density at radius 1 is 1.24 bits per heavy atom. The van der Waals surface area contributed by atoms with E-state index in [1.165, 1.54) is 0 Å². The lowest BCUT2D eigenvalue weighted by Crippen LogP contribution is -2.51. The van der Waals surface area contributed by atoms with E-state index in [2.05, 4.69) is 5.32 Å². The Labute approximate surface area is 175 Å². The number of nitrogens with one attached hydrogen (secondary N) is 1. The maximum Gasteiger partial charge on any atom is 0.257 e. The summed E-state index contributed by atoms with van der Waals surface area (Å²) in [4.78, 5) is 27.9. The normalized spacial score (nSPS) is 17.3. The first kappa shape index (κ1) is 19.9. The number of hydrogen-bond acceptors (Lipinski definition) is 3. The van der Waals surface area contributed by atoms with Gasteiger partial charge in [-0.2, -0.15) is 0 Å². The summed E-state index contributed by atoms with van der Waals surface area (Å²) in [6, 6.07) is 10.5. The minimum Gasteiger partial charge on any atom is -0.388 e. The van der Waals surface area contributed by atoms with Crippen molar-refractivity contribution in [1.82, 2.24) is 4.90 Å². The van der Waals surface area contributed by atoms with Gasteiger partial charge in [0.1, 0.15) is 0 Å². The number of nitrogens with zero attached hydrogens (tertiary/aromatic N) is 1. The minimum absolute atomic E-state index is 0.148. The van der Waals surface area contributed by atoms with Crippen LogP contribution < -0.4 is 5.32 Å². The Morgan fingerprint density at radius 3 is 2.59 bits per heavy atom. The molecule has 5 nitrogen and oxygen atoms in total. The zero-order chi connectivity index (χ0) is 20.9. The molecule has 2 amide bonds. The summed E-state index contributed by atoms with van der Waals surface area (Å²) in [5.74, 6) is -0.178. The number of aliphatic hydroxyl groups is 1. The van der Waals surface area contributed by atoms with Gasteiger partial charge in [-0.05, 0) is 62.8 Å². The average Bonchev–Trinajstić information content (AvgIpc) is 3.41. The first-order valence-electron chi connectivity index (χ1n) is 9.90. The standard InChI is InChI=1S/C23H25ClN2O3/c1-13-6-4-8-16(19(13)24)21(27)25-17-9-5-7-15-12-26(22(28)18(15)17)20(14-10-11-14)23(2,3)29/h4-9,14,20,29H,10-12H2,1-3H3,(H,25,27)/t20-/m0/s1. The summed E-state index contributed by atoms with van der Waals surface area (Å²) in [5.41, 5.74) is 2.04. The largest absolute Gasteiger partial charge is 0.388 e. The number of benzene rings is 2. The highest BCUT2D eigenvalue weighted by molar-refractivity contribution is 6.35. The van der Waals surface area contributed by atoms with Gasteiger partial charge < -0.3 is 15.3 Å². The van der Waals surface area contributed by atoms with Gasteiger partial charge in [-0.15, -0.1) is 0 Å². The van der Waals surface area contributed by atoms with Crippen molar-refractivity contribution in [3.63, 3.8) is 0 Å². The highest BCUT2D eigenvalue weighted by atomic mass is 35.5. The molecular weight excluding hydrogens is 388 g/mol. The first-order chi connectivity index (χ1) is 13.7. The highest BCUT2D eigenvalue weighted by Gasteiger charge is 2.48. The van der Waals surface area contributed by atoms with Gasteiger partial charge in [0, 0.05) is 6.54 Å². The van der Waals surface area contributed by atoms with Crippen LogP contribution >= 0.6 is 11.6 Å². The van der Waals surface area contributed by atoms with Crippen LogP contribution in [0, 0.1) is 12.8 Å². The zero-order valence-corrected chi connectivity index (χ0v) is 17.6. The third-order valence-corrected chi connectivity index (χ3v) is 6.28. The summed E-state index contributed by atoms with van der Waals surface area (Å²) < 4.78 is 0. The molecule has 0 saturated heterocycles. The number of fused-ring (bicyclic) bond motifs is 1. The van der Waals surface area contributed by atoms with E-state index in [-0.39, 0.29) is 17.9 Å². The molecule has 152 valence electrons. The van der Waals surface area contributed by atoms with Crippen LogP contribution in [0.15, 0.2) is 36.4 Å². The number of amides is 2. The molecule has 0 radical (unpaired) electrons. The monoisotopic (exact) mass is 412 g/mol. The third kappa shape index (κ3) is 3.65. The average molecular weight is 413 g/mol. The van der Waals surface area contributed by atoms with E-state index in [0.29, 0.717) is 34.3 Å². The summed E-state index contributed by atoms with van der Waals surface area (Å²) >= 11 is 6.29. The molecule has 6 heteroatoms. The van der Waals surface area contributed by atoms with Gasteiger partial charge >= 0.3 is 0 Å². The van der Waals surface area contributed by atoms with Gasteiger partial charge in [-0.25, -0.2) is 0 Å². The van der Waals surface area contributed by atoms with Crippen LogP contribution in [0.2, 0.25) is 5.02 Å². The maximum absolute atomic E-state index is 13.3. The number of rotatable bonds is 5. The molecule has 1 fully saturated rings. The van der Waals surface area contributed by atoms with Crippen LogP contribution in [0.1, 0.15) is 58.5 Å². The van der Waals surface area contributed by atoms with Crippen LogP contribution in [-0.2, 0) is 6.54 Å². The number of carbonyl (C=O) groups excluding carboxylic acids is 2. The Bertz CT molecular complexity index is 992. The fraction of sp³-hybridized carbons (Fsp3) is 0.391. The lowest BCUT2D eigenvalue weighted by Gasteiger charge is -2.37. The van der Waals surface area contributed by atoms with Crippen molar-refractivity contribution in [2.24, 2.45) is 5.92 Å². The molecule has 29 heavy (non-hydrogen) atoms. The lowest BCUT2D eigenvalue weighted by atomic mass is 9.93. The van der Waals surface area contributed by atoms with Gasteiger partial charge in [-0.1, -0.05) is 35.9 Å². The Morgan fingerprint density at radius 2 is 1.93 bits per heavy atom. The Balaban J connectivity index is 1.64. The molecule has 0 spiro atoms. The summed E-state index contributed by atoms with van der Waals surface area (Å²) in [6.07, 6.45) is 2.04. The predicted octanol–water partition coefficient (Wildman–Crippen LogP) is 4.41. The quantitative estimate of drug-likeness (QED) is 0.764. The predicted molar refractivity (Wildman–Crippen MR) is 113 cm³/mol. The van der Waals surface area contributed by atoms with E-state index in [1.807, 2.05) is 25.1 Å². The third-order valence-electron chi connectivity index (χ3n) is 5.78. The van der Waals surface area contributed by atoms with E-state index in [0.717, 1.165) is 24.0 Å². The molecule has 2 aliphatic rings. The van der Waals surface area contributed by atoms with Gasteiger partial charge in [0.05, 0.1) is 33.5 Å². The molecule has 2 aromatic carbocycles. The smallest absolute Gasteiger partial charge is 0.257 e. The van der Waals surface area contributed by atoms with Gasteiger partial charge in [0.25, 0.3) is 11.8 Å². The zero-order valence-electron chi connectivity index (χ0n) is 16.8. The number of carbonyl (C=O) groups is 2. The van der Waals surface area contributed by atoms with Crippen molar-refractivity contribution < 1.29 is 14.7 Å². The van der Waals surface area contributed by atoms with Crippen molar-refractivity contribution >= 4 is 29.1 Å². The SMILES string of the molecule is Cc1cccc(C(=O)Nc2cccc3c2C(=O)N([C@@H](C2CC2)C(C)(C)O)C3)c1Cl. The molecule has 2 N–H and O–H groups in total. The molecular formula is C23H25ClN2O3. The van der Waals surface area contributed by atoms with E-state index >= 15 is 0 Å².